The molecule has 0 aromatic heterocycles. The molecule has 0 unspecified atom stereocenters. The molecule has 0 spiro atoms. The fourth-order valence-corrected chi connectivity index (χ4v) is 1.87. The highest BCUT2D eigenvalue weighted by atomic mass is 32.1. The number of phenols is 1. The van der Waals surface area contributed by atoms with Crippen molar-refractivity contribution in [3.63, 3.8) is 0 Å². The molecule has 1 amide bonds. The van der Waals surface area contributed by atoms with Crippen LogP contribution in [0.25, 0.3) is 0 Å². The molecule has 2 rings (SSSR count). The van der Waals surface area contributed by atoms with Crippen molar-refractivity contribution < 1.29 is 19.2 Å². The number of halogens is 1. The average Bonchev–Trinajstić information content (AvgIpc) is 2.49. The monoisotopic (exact) mass is 335 g/mol. The number of aromatic hydroxyl groups is 1. The molecule has 7 nitrogen and oxygen atoms in total. The minimum Gasteiger partial charge on any atom is -0.506 e. The van der Waals surface area contributed by atoms with E-state index in [2.05, 4.69) is 10.6 Å². The number of amides is 1. The zero-order valence-electron chi connectivity index (χ0n) is 11.4. The Bertz CT molecular complexity index is 780. The van der Waals surface area contributed by atoms with E-state index in [1.165, 1.54) is 12.1 Å². The van der Waals surface area contributed by atoms with E-state index in [1.807, 2.05) is 0 Å². The third-order valence-electron chi connectivity index (χ3n) is 2.77. The standard InChI is InChI=1S/C14H10FN3O4S/c15-9-3-1-8(2-4-9)13(20)17-14(23)16-11-7-10(18(21)22)5-6-12(11)19/h1-7,19H,(H2,16,17,20,23). The molecule has 23 heavy (non-hydrogen) atoms. The lowest BCUT2D eigenvalue weighted by Crippen LogP contribution is -2.34. The Morgan fingerprint density at radius 2 is 1.87 bits per heavy atom. The largest absolute Gasteiger partial charge is 0.506 e. The summed E-state index contributed by atoms with van der Waals surface area (Å²) in [4.78, 5) is 22.0. The summed E-state index contributed by atoms with van der Waals surface area (Å²) in [7, 11) is 0. The summed E-state index contributed by atoms with van der Waals surface area (Å²) in [6.07, 6.45) is 0. The predicted molar refractivity (Wildman–Crippen MR) is 84.8 cm³/mol. The molecule has 0 aliphatic carbocycles. The van der Waals surface area contributed by atoms with Crippen LogP contribution >= 0.6 is 12.2 Å². The molecule has 0 radical (unpaired) electrons. The molecule has 0 atom stereocenters. The maximum atomic E-state index is 12.8. The van der Waals surface area contributed by atoms with Crippen LogP contribution in [0.2, 0.25) is 0 Å². The third kappa shape index (κ3) is 4.20. The van der Waals surface area contributed by atoms with Crippen LogP contribution in [0.15, 0.2) is 42.5 Å². The van der Waals surface area contributed by atoms with E-state index in [0.717, 1.165) is 30.3 Å². The number of nitrogens with one attached hydrogen (secondary N) is 2. The Balaban J connectivity index is 2.07. The number of nitro groups is 1. The van der Waals surface area contributed by atoms with Gasteiger partial charge in [-0.1, -0.05) is 0 Å². The molecule has 0 heterocycles. The molecule has 118 valence electrons. The lowest BCUT2D eigenvalue weighted by Gasteiger charge is -2.10. The summed E-state index contributed by atoms with van der Waals surface area (Å²) in [6.45, 7) is 0. The first-order valence-electron chi connectivity index (χ1n) is 6.22. The van der Waals surface area contributed by atoms with Crippen LogP contribution in [0.5, 0.6) is 5.75 Å². The number of anilines is 1. The fourth-order valence-electron chi connectivity index (χ4n) is 1.67. The molecule has 0 saturated heterocycles. The Morgan fingerprint density at radius 3 is 2.48 bits per heavy atom. The molecule has 0 fully saturated rings. The van der Waals surface area contributed by atoms with Crippen LogP contribution in [0, 0.1) is 15.9 Å². The number of nitro benzene ring substituents is 1. The van der Waals surface area contributed by atoms with E-state index < -0.39 is 16.6 Å². The number of non-ortho nitro benzene ring substituents is 1. The van der Waals surface area contributed by atoms with E-state index in [-0.39, 0.29) is 27.8 Å². The number of hydrogen-bond acceptors (Lipinski definition) is 5. The van der Waals surface area contributed by atoms with Crippen molar-refractivity contribution in [1.82, 2.24) is 5.32 Å². The van der Waals surface area contributed by atoms with Gasteiger partial charge >= 0.3 is 0 Å². The highest BCUT2D eigenvalue weighted by Crippen LogP contribution is 2.27. The molecule has 3 N–H and O–H groups in total. The second kappa shape index (κ2) is 6.79. The first kappa shape index (κ1) is 16.3. The first-order valence-corrected chi connectivity index (χ1v) is 6.63. The average molecular weight is 335 g/mol. The number of thiocarbonyl (C=S) groups is 1. The second-order valence-electron chi connectivity index (χ2n) is 4.37. The minimum atomic E-state index is -0.634. The molecule has 0 aliphatic heterocycles. The van der Waals surface area contributed by atoms with Crippen molar-refractivity contribution in [2.24, 2.45) is 0 Å². The van der Waals surface area contributed by atoms with Gasteiger partial charge < -0.3 is 10.4 Å². The van der Waals surface area contributed by atoms with E-state index in [0.29, 0.717) is 0 Å². The smallest absolute Gasteiger partial charge is 0.271 e. The van der Waals surface area contributed by atoms with Gasteiger partial charge in [0.15, 0.2) is 5.11 Å². The first-order chi connectivity index (χ1) is 10.9. The highest BCUT2D eigenvalue weighted by molar-refractivity contribution is 7.80. The normalized spacial score (nSPS) is 9.96. The van der Waals surface area contributed by atoms with Crippen LogP contribution in [0.4, 0.5) is 15.8 Å². The van der Waals surface area contributed by atoms with Gasteiger partial charge in [-0.25, -0.2) is 4.39 Å². The maximum absolute atomic E-state index is 12.8. The van der Waals surface area contributed by atoms with Gasteiger partial charge in [-0.2, -0.15) is 0 Å². The number of rotatable bonds is 3. The SMILES string of the molecule is O=C(NC(=S)Nc1cc([N+](=O)[O-])ccc1O)c1ccc(F)cc1. The number of hydrogen-bond donors (Lipinski definition) is 3. The molecule has 0 aliphatic rings. The van der Waals surface area contributed by atoms with Gasteiger partial charge in [-0.15, -0.1) is 0 Å². The third-order valence-corrected chi connectivity index (χ3v) is 2.98. The second-order valence-corrected chi connectivity index (χ2v) is 4.78. The van der Waals surface area contributed by atoms with Crippen molar-refractivity contribution in [2.45, 2.75) is 0 Å². The lowest BCUT2D eigenvalue weighted by molar-refractivity contribution is -0.384. The number of carbonyl (C=O) groups excluding carboxylic acids is 1. The van der Waals surface area contributed by atoms with Crippen LogP contribution in [0.3, 0.4) is 0 Å². The molecule has 0 bridgehead atoms. The van der Waals surface area contributed by atoms with Crippen molar-refractivity contribution in [1.29, 1.82) is 0 Å². The van der Waals surface area contributed by atoms with E-state index >= 15 is 0 Å². The van der Waals surface area contributed by atoms with Gasteiger partial charge in [0, 0.05) is 17.7 Å². The Morgan fingerprint density at radius 1 is 1.22 bits per heavy atom. The molecule has 9 heteroatoms. The maximum Gasteiger partial charge on any atom is 0.271 e. The molecular weight excluding hydrogens is 325 g/mol. The van der Waals surface area contributed by atoms with Crippen LogP contribution in [0.1, 0.15) is 10.4 Å². The topological polar surface area (TPSA) is 104 Å². The van der Waals surface area contributed by atoms with Gasteiger partial charge in [-0.3, -0.25) is 20.2 Å². The van der Waals surface area contributed by atoms with E-state index in [4.69, 9.17) is 12.2 Å². The van der Waals surface area contributed by atoms with Gasteiger partial charge in [0.1, 0.15) is 11.6 Å². The van der Waals surface area contributed by atoms with Gasteiger partial charge in [-0.05, 0) is 42.5 Å². The zero-order chi connectivity index (χ0) is 17.0. The highest BCUT2D eigenvalue weighted by Gasteiger charge is 2.13. The molecule has 2 aromatic carbocycles. The fraction of sp³-hybridized carbons (Fsp3) is 0. The van der Waals surface area contributed by atoms with Crippen molar-refractivity contribution in [3.8, 4) is 5.75 Å². The number of phenolic OH excluding ortho intramolecular Hbond substituents is 1. The van der Waals surface area contributed by atoms with Gasteiger partial charge in [0.25, 0.3) is 11.6 Å². The number of carbonyl (C=O) groups is 1. The van der Waals surface area contributed by atoms with Crippen molar-refractivity contribution in [2.75, 3.05) is 5.32 Å². The quantitative estimate of drug-likeness (QED) is 0.345. The Labute approximate surface area is 134 Å². The van der Waals surface area contributed by atoms with E-state index in [1.54, 1.807) is 0 Å². The molecule has 2 aromatic rings. The predicted octanol–water partition coefficient (Wildman–Crippen LogP) is 2.57. The number of benzene rings is 2. The summed E-state index contributed by atoms with van der Waals surface area (Å²) in [5.41, 5.74) is -0.0969. The molecular formula is C14H10FN3O4S. The summed E-state index contributed by atoms with van der Waals surface area (Å²) in [5.74, 6) is -1.34. The van der Waals surface area contributed by atoms with Crippen molar-refractivity contribution in [3.05, 3.63) is 64.0 Å². The summed E-state index contributed by atoms with van der Waals surface area (Å²) in [5, 5.41) is 25.0. The van der Waals surface area contributed by atoms with Crippen LogP contribution in [-0.4, -0.2) is 21.0 Å². The summed E-state index contributed by atoms with van der Waals surface area (Å²) in [6, 6.07) is 8.13. The lowest BCUT2D eigenvalue weighted by atomic mass is 10.2. The van der Waals surface area contributed by atoms with Gasteiger partial charge in [0.05, 0.1) is 10.6 Å². The van der Waals surface area contributed by atoms with Gasteiger partial charge in [0.2, 0.25) is 0 Å². The van der Waals surface area contributed by atoms with Crippen molar-refractivity contribution >= 4 is 34.6 Å². The zero-order valence-corrected chi connectivity index (χ0v) is 12.3. The molecule has 0 saturated carbocycles. The van der Waals surface area contributed by atoms with Crippen LogP contribution in [-0.2, 0) is 0 Å². The number of nitrogens with zero attached hydrogens (tertiary/aromatic N) is 1. The summed E-state index contributed by atoms with van der Waals surface area (Å²) < 4.78 is 12.8. The summed E-state index contributed by atoms with van der Waals surface area (Å²) >= 11 is 4.91. The Kier molecular flexibility index (Phi) is 4.82. The van der Waals surface area contributed by atoms with E-state index in [9.17, 15) is 24.4 Å². The van der Waals surface area contributed by atoms with Crippen LogP contribution < -0.4 is 10.6 Å². The minimum absolute atomic E-state index is 0.0244. The Hall–Kier alpha value is -3.07.